The second-order valence-corrected chi connectivity index (χ2v) is 6.49. The van der Waals surface area contributed by atoms with Crippen LogP contribution < -0.4 is 9.47 Å². The number of amides is 2. The van der Waals surface area contributed by atoms with Crippen LogP contribution in [0.4, 0.5) is 0 Å². The Bertz CT molecular complexity index is 921. The van der Waals surface area contributed by atoms with Gasteiger partial charge < -0.3 is 14.4 Å². The number of carbonyl (C=O) groups excluding carboxylic acids is 2. The SMILES string of the molecule is CCN1C(=O)C(c2ccc(OC)c(OC)c2)=C(N(C)Cc2ccccc2)C1=O. The number of carbonyl (C=O) groups is 2. The third kappa shape index (κ3) is 3.45. The predicted molar refractivity (Wildman–Crippen MR) is 107 cm³/mol. The van der Waals surface area contributed by atoms with Crippen LogP contribution in [0.1, 0.15) is 18.1 Å². The van der Waals surface area contributed by atoms with Crippen molar-refractivity contribution in [2.75, 3.05) is 27.8 Å². The topological polar surface area (TPSA) is 59.1 Å². The van der Waals surface area contributed by atoms with Gasteiger partial charge >= 0.3 is 0 Å². The Morgan fingerprint density at radius 3 is 2.21 bits per heavy atom. The summed E-state index contributed by atoms with van der Waals surface area (Å²) in [6.07, 6.45) is 0. The minimum absolute atomic E-state index is 0.282. The van der Waals surface area contributed by atoms with Crippen LogP contribution in [0.15, 0.2) is 54.2 Å². The summed E-state index contributed by atoms with van der Waals surface area (Å²) in [5.41, 5.74) is 2.45. The van der Waals surface area contributed by atoms with E-state index < -0.39 is 0 Å². The molecule has 0 radical (unpaired) electrons. The molecular formula is C22H24N2O4. The second kappa shape index (κ2) is 8.17. The van der Waals surface area contributed by atoms with Crippen LogP contribution >= 0.6 is 0 Å². The molecule has 3 rings (SSSR count). The number of ether oxygens (including phenoxy) is 2. The van der Waals surface area contributed by atoms with Gasteiger partial charge in [-0.1, -0.05) is 36.4 Å². The van der Waals surface area contributed by atoms with E-state index in [2.05, 4.69) is 0 Å². The highest BCUT2D eigenvalue weighted by atomic mass is 16.5. The molecule has 0 bridgehead atoms. The first-order valence-electron chi connectivity index (χ1n) is 9.09. The zero-order valence-corrected chi connectivity index (χ0v) is 16.6. The van der Waals surface area contributed by atoms with Crippen molar-refractivity contribution >= 4 is 17.4 Å². The van der Waals surface area contributed by atoms with Crippen molar-refractivity contribution in [1.29, 1.82) is 0 Å². The molecule has 1 aliphatic rings. The minimum Gasteiger partial charge on any atom is -0.493 e. The monoisotopic (exact) mass is 380 g/mol. The number of hydrogen-bond donors (Lipinski definition) is 0. The van der Waals surface area contributed by atoms with Crippen molar-refractivity contribution in [2.24, 2.45) is 0 Å². The molecule has 6 nitrogen and oxygen atoms in total. The maximum Gasteiger partial charge on any atom is 0.277 e. The highest BCUT2D eigenvalue weighted by Crippen LogP contribution is 2.36. The lowest BCUT2D eigenvalue weighted by atomic mass is 10.0. The fourth-order valence-corrected chi connectivity index (χ4v) is 3.39. The molecule has 0 N–H and O–H groups in total. The zero-order chi connectivity index (χ0) is 20.3. The van der Waals surface area contributed by atoms with E-state index in [0.717, 1.165) is 5.56 Å². The summed E-state index contributed by atoms with van der Waals surface area (Å²) >= 11 is 0. The van der Waals surface area contributed by atoms with Gasteiger partial charge in [-0.05, 0) is 30.2 Å². The average Bonchev–Trinajstić information content (AvgIpc) is 2.97. The van der Waals surface area contributed by atoms with E-state index in [4.69, 9.17) is 9.47 Å². The summed E-state index contributed by atoms with van der Waals surface area (Å²) in [5, 5.41) is 0. The first-order chi connectivity index (χ1) is 13.5. The van der Waals surface area contributed by atoms with Crippen molar-refractivity contribution < 1.29 is 19.1 Å². The molecule has 2 aromatic carbocycles. The number of methoxy groups -OCH3 is 2. The summed E-state index contributed by atoms with van der Waals surface area (Å²) in [5.74, 6) is 0.494. The second-order valence-electron chi connectivity index (χ2n) is 6.49. The quantitative estimate of drug-likeness (QED) is 0.692. The summed E-state index contributed by atoms with van der Waals surface area (Å²) in [4.78, 5) is 29.1. The lowest BCUT2D eigenvalue weighted by Crippen LogP contribution is -2.33. The fourth-order valence-electron chi connectivity index (χ4n) is 3.39. The van der Waals surface area contributed by atoms with E-state index in [1.165, 1.54) is 4.90 Å². The molecule has 146 valence electrons. The lowest BCUT2D eigenvalue weighted by Gasteiger charge is -2.21. The third-order valence-electron chi connectivity index (χ3n) is 4.78. The van der Waals surface area contributed by atoms with Gasteiger partial charge in [0.05, 0.1) is 19.8 Å². The molecule has 1 aliphatic heterocycles. The van der Waals surface area contributed by atoms with Crippen molar-refractivity contribution in [2.45, 2.75) is 13.5 Å². The highest BCUT2D eigenvalue weighted by molar-refractivity contribution is 6.35. The predicted octanol–water partition coefficient (Wildman–Crippen LogP) is 2.94. The van der Waals surface area contributed by atoms with Gasteiger partial charge in [0.25, 0.3) is 11.8 Å². The Morgan fingerprint density at radius 1 is 0.929 bits per heavy atom. The normalized spacial score (nSPS) is 13.9. The molecule has 0 fully saturated rings. The lowest BCUT2D eigenvalue weighted by molar-refractivity contribution is -0.137. The minimum atomic E-state index is -0.297. The summed E-state index contributed by atoms with van der Waals surface area (Å²) in [6, 6.07) is 15.1. The van der Waals surface area contributed by atoms with Gasteiger partial charge in [-0.15, -0.1) is 0 Å². The Balaban J connectivity index is 2.09. The number of benzene rings is 2. The van der Waals surface area contributed by atoms with Crippen LogP contribution in [-0.4, -0.2) is 49.4 Å². The zero-order valence-electron chi connectivity index (χ0n) is 16.6. The van der Waals surface area contributed by atoms with Gasteiger partial charge in [0.1, 0.15) is 5.70 Å². The molecule has 0 aliphatic carbocycles. The average molecular weight is 380 g/mol. The summed E-state index contributed by atoms with van der Waals surface area (Å²) in [6.45, 7) is 2.63. The van der Waals surface area contributed by atoms with E-state index in [0.29, 0.717) is 41.4 Å². The largest absolute Gasteiger partial charge is 0.493 e. The first kappa shape index (κ1) is 19.5. The van der Waals surface area contributed by atoms with Crippen LogP contribution in [0.25, 0.3) is 5.57 Å². The van der Waals surface area contributed by atoms with Gasteiger partial charge in [0, 0.05) is 20.1 Å². The highest BCUT2D eigenvalue weighted by Gasteiger charge is 2.40. The molecule has 0 spiro atoms. The smallest absolute Gasteiger partial charge is 0.277 e. The van der Waals surface area contributed by atoms with Gasteiger partial charge in [-0.2, -0.15) is 0 Å². The standard InChI is InChI=1S/C22H24N2O4/c1-5-24-21(25)19(16-11-12-17(27-3)18(13-16)28-4)20(22(24)26)23(2)14-15-9-7-6-8-10-15/h6-13H,5,14H2,1-4H3. The van der Waals surface area contributed by atoms with Crippen LogP contribution in [0.3, 0.4) is 0 Å². The number of likely N-dealkylation sites (N-methyl/N-ethyl adjacent to an activating group) is 2. The van der Waals surface area contributed by atoms with E-state index in [1.807, 2.05) is 42.3 Å². The van der Waals surface area contributed by atoms with E-state index in [-0.39, 0.29) is 11.8 Å². The van der Waals surface area contributed by atoms with E-state index in [9.17, 15) is 9.59 Å². The Labute approximate surface area is 165 Å². The molecule has 0 atom stereocenters. The molecule has 2 amide bonds. The third-order valence-corrected chi connectivity index (χ3v) is 4.78. The molecule has 0 saturated heterocycles. The van der Waals surface area contributed by atoms with Crippen molar-refractivity contribution in [3.05, 3.63) is 65.4 Å². The summed E-state index contributed by atoms with van der Waals surface area (Å²) < 4.78 is 10.7. The Kier molecular flexibility index (Phi) is 5.68. The van der Waals surface area contributed by atoms with E-state index in [1.54, 1.807) is 39.3 Å². The molecule has 6 heteroatoms. The maximum absolute atomic E-state index is 13.0. The summed E-state index contributed by atoms with van der Waals surface area (Å²) in [7, 11) is 4.92. The number of nitrogens with zero attached hydrogens (tertiary/aromatic N) is 2. The molecule has 28 heavy (non-hydrogen) atoms. The molecule has 0 saturated carbocycles. The van der Waals surface area contributed by atoms with Crippen molar-refractivity contribution in [3.63, 3.8) is 0 Å². The number of rotatable bonds is 7. The first-order valence-corrected chi connectivity index (χ1v) is 9.09. The van der Waals surface area contributed by atoms with Crippen LogP contribution in [0.5, 0.6) is 11.5 Å². The fraction of sp³-hybridized carbons (Fsp3) is 0.273. The Morgan fingerprint density at radius 2 is 1.61 bits per heavy atom. The van der Waals surface area contributed by atoms with Crippen LogP contribution in [0, 0.1) is 0 Å². The molecule has 1 heterocycles. The number of hydrogen-bond acceptors (Lipinski definition) is 5. The molecule has 0 unspecified atom stereocenters. The van der Waals surface area contributed by atoms with Crippen LogP contribution in [-0.2, 0) is 16.1 Å². The molecule has 0 aromatic heterocycles. The van der Waals surface area contributed by atoms with Gasteiger partial charge in [-0.3, -0.25) is 14.5 Å². The molecular weight excluding hydrogens is 356 g/mol. The van der Waals surface area contributed by atoms with Gasteiger partial charge in [0.2, 0.25) is 0 Å². The maximum atomic E-state index is 13.0. The van der Waals surface area contributed by atoms with Gasteiger partial charge in [0.15, 0.2) is 11.5 Å². The van der Waals surface area contributed by atoms with Gasteiger partial charge in [-0.25, -0.2) is 0 Å². The van der Waals surface area contributed by atoms with Crippen molar-refractivity contribution in [1.82, 2.24) is 9.80 Å². The molecule has 2 aromatic rings. The van der Waals surface area contributed by atoms with Crippen LogP contribution in [0.2, 0.25) is 0 Å². The van der Waals surface area contributed by atoms with E-state index >= 15 is 0 Å². The van der Waals surface area contributed by atoms with Crippen molar-refractivity contribution in [3.8, 4) is 11.5 Å². The Hall–Kier alpha value is -3.28. The number of imide groups is 1.